The lowest BCUT2D eigenvalue weighted by atomic mass is 10.2. The number of rotatable bonds is 3. The summed E-state index contributed by atoms with van der Waals surface area (Å²) < 4.78 is 9.53. The third kappa shape index (κ3) is 2.04. The number of nitrogens with one attached hydrogen (secondary N) is 1. The van der Waals surface area contributed by atoms with Crippen LogP contribution in [0.4, 0.5) is 5.13 Å². The number of ether oxygens (including phenoxy) is 1. The molecule has 2 rings (SSSR count). The van der Waals surface area contributed by atoms with Crippen LogP contribution in [0.2, 0.25) is 0 Å². The fraction of sp³-hybridized carbons (Fsp3) is 0.778. The zero-order valence-electron chi connectivity index (χ0n) is 8.49. The minimum absolute atomic E-state index is 0.333. The number of hydrogen-bond acceptors (Lipinski definition) is 5. The lowest BCUT2D eigenvalue weighted by Crippen LogP contribution is -2.29. The molecule has 0 radical (unpaired) electrons. The maximum absolute atomic E-state index is 5.40. The predicted octanol–water partition coefficient (Wildman–Crippen LogP) is 1.83. The zero-order valence-corrected chi connectivity index (χ0v) is 9.30. The van der Waals surface area contributed by atoms with E-state index >= 15 is 0 Å². The molecular formula is C9H15N3OS. The lowest BCUT2D eigenvalue weighted by Gasteiger charge is -2.18. The van der Waals surface area contributed by atoms with Gasteiger partial charge in [0, 0.05) is 18.6 Å². The highest BCUT2D eigenvalue weighted by atomic mass is 32.1. The van der Waals surface area contributed by atoms with Crippen molar-refractivity contribution in [3.05, 3.63) is 5.82 Å². The van der Waals surface area contributed by atoms with Crippen LogP contribution < -0.4 is 5.32 Å². The number of anilines is 1. The van der Waals surface area contributed by atoms with Crippen LogP contribution in [0, 0.1) is 6.92 Å². The maximum atomic E-state index is 5.40. The Bertz CT molecular complexity index is 302. The Labute approximate surface area is 87.9 Å². The van der Waals surface area contributed by atoms with E-state index < -0.39 is 0 Å². The van der Waals surface area contributed by atoms with Gasteiger partial charge in [-0.1, -0.05) is 0 Å². The van der Waals surface area contributed by atoms with Crippen LogP contribution in [0.3, 0.4) is 0 Å². The number of hydrogen-bond donors (Lipinski definition) is 1. The molecule has 0 aliphatic heterocycles. The Morgan fingerprint density at radius 1 is 1.50 bits per heavy atom. The van der Waals surface area contributed by atoms with Gasteiger partial charge in [-0.2, -0.15) is 4.37 Å². The second-order valence-electron chi connectivity index (χ2n) is 3.60. The topological polar surface area (TPSA) is 47.0 Å². The van der Waals surface area contributed by atoms with Crippen molar-refractivity contribution in [1.29, 1.82) is 0 Å². The van der Waals surface area contributed by atoms with Crippen molar-refractivity contribution in [1.82, 2.24) is 9.36 Å². The molecule has 5 heteroatoms. The van der Waals surface area contributed by atoms with Gasteiger partial charge >= 0.3 is 0 Å². The van der Waals surface area contributed by atoms with Crippen molar-refractivity contribution in [3.8, 4) is 0 Å². The molecule has 4 nitrogen and oxygen atoms in total. The second-order valence-corrected chi connectivity index (χ2v) is 4.35. The van der Waals surface area contributed by atoms with E-state index in [0.29, 0.717) is 12.1 Å². The maximum Gasteiger partial charge on any atom is 0.202 e. The molecule has 1 aliphatic rings. The van der Waals surface area contributed by atoms with E-state index in [4.69, 9.17) is 4.74 Å². The van der Waals surface area contributed by atoms with Crippen LogP contribution in [0.5, 0.6) is 0 Å². The largest absolute Gasteiger partial charge is 0.379 e. The summed E-state index contributed by atoms with van der Waals surface area (Å²) >= 11 is 1.42. The van der Waals surface area contributed by atoms with Gasteiger partial charge in [0.25, 0.3) is 0 Å². The van der Waals surface area contributed by atoms with Gasteiger partial charge in [0.15, 0.2) is 0 Å². The van der Waals surface area contributed by atoms with Gasteiger partial charge < -0.3 is 10.1 Å². The predicted molar refractivity (Wildman–Crippen MR) is 56.7 cm³/mol. The standard InChI is InChI=1S/C9H15N3OS/c1-6-10-9(14-12-6)11-7-4-3-5-8(7)13-2/h7-8H,3-5H2,1-2H3,(H,10,11,12)/t7-,8-/m1/s1. The van der Waals surface area contributed by atoms with Crippen LogP contribution in [0.15, 0.2) is 0 Å². The SMILES string of the molecule is CO[C@@H]1CCC[C@H]1Nc1nc(C)ns1. The molecule has 2 atom stereocenters. The Kier molecular flexibility index (Phi) is 2.98. The summed E-state index contributed by atoms with van der Waals surface area (Å²) in [6.45, 7) is 1.91. The molecule has 0 amide bonds. The number of nitrogens with zero attached hydrogens (tertiary/aromatic N) is 2. The summed E-state index contributed by atoms with van der Waals surface area (Å²) in [5.41, 5.74) is 0. The lowest BCUT2D eigenvalue weighted by molar-refractivity contribution is 0.101. The second kappa shape index (κ2) is 4.23. The van der Waals surface area contributed by atoms with Crippen molar-refractivity contribution >= 4 is 16.7 Å². The van der Waals surface area contributed by atoms with Gasteiger partial charge in [-0.15, -0.1) is 0 Å². The molecular weight excluding hydrogens is 198 g/mol. The summed E-state index contributed by atoms with van der Waals surface area (Å²) in [5.74, 6) is 0.837. The van der Waals surface area contributed by atoms with E-state index in [1.807, 2.05) is 6.92 Å². The molecule has 14 heavy (non-hydrogen) atoms. The van der Waals surface area contributed by atoms with E-state index in [0.717, 1.165) is 23.8 Å². The van der Waals surface area contributed by atoms with Crippen molar-refractivity contribution in [2.24, 2.45) is 0 Å². The fourth-order valence-electron chi connectivity index (χ4n) is 1.89. The molecule has 0 bridgehead atoms. The number of methoxy groups -OCH3 is 1. The summed E-state index contributed by atoms with van der Waals surface area (Å²) in [6, 6.07) is 0.410. The van der Waals surface area contributed by atoms with E-state index in [-0.39, 0.29) is 0 Å². The van der Waals surface area contributed by atoms with Gasteiger partial charge in [-0.3, -0.25) is 0 Å². The normalized spacial score (nSPS) is 26.7. The average Bonchev–Trinajstić information content (AvgIpc) is 2.76. The highest BCUT2D eigenvalue weighted by molar-refractivity contribution is 7.09. The molecule has 1 aromatic rings. The monoisotopic (exact) mass is 213 g/mol. The van der Waals surface area contributed by atoms with Crippen molar-refractivity contribution < 1.29 is 4.74 Å². The van der Waals surface area contributed by atoms with E-state index in [9.17, 15) is 0 Å². The third-order valence-electron chi connectivity index (χ3n) is 2.59. The van der Waals surface area contributed by atoms with Gasteiger partial charge in [0.1, 0.15) is 5.82 Å². The molecule has 1 aliphatic carbocycles. The summed E-state index contributed by atoms with van der Waals surface area (Å²) in [6.07, 6.45) is 3.87. The van der Waals surface area contributed by atoms with E-state index in [1.54, 1.807) is 7.11 Å². The zero-order chi connectivity index (χ0) is 9.97. The van der Waals surface area contributed by atoms with Gasteiger partial charge in [-0.05, 0) is 26.2 Å². The Balaban J connectivity index is 1.96. The van der Waals surface area contributed by atoms with Gasteiger partial charge in [0.2, 0.25) is 5.13 Å². The Morgan fingerprint density at radius 3 is 3.00 bits per heavy atom. The summed E-state index contributed by atoms with van der Waals surface area (Å²) in [4.78, 5) is 4.28. The first-order chi connectivity index (χ1) is 6.79. The Morgan fingerprint density at radius 2 is 2.36 bits per heavy atom. The van der Waals surface area contributed by atoms with E-state index in [1.165, 1.54) is 18.0 Å². The third-order valence-corrected chi connectivity index (χ3v) is 3.33. The fourth-order valence-corrected chi connectivity index (χ4v) is 2.52. The quantitative estimate of drug-likeness (QED) is 0.832. The summed E-state index contributed by atoms with van der Waals surface area (Å²) in [7, 11) is 1.77. The van der Waals surface area contributed by atoms with Crippen LogP contribution in [-0.4, -0.2) is 28.6 Å². The highest BCUT2D eigenvalue weighted by Gasteiger charge is 2.27. The average molecular weight is 213 g/mol. The molecule has 0 saturated heterocycles. The van der Waals surface area contributed by atoms with Crippen LogP contribution in [0.25, 0.3) is 0 Å². The van der Waals surface area contributed by atoms with Crippen LogP contribution in [0.1, 0.15) is 25.1 Å². The molecule has 0 aromatic carbocycles. The number of aryl methyl sites for hydroxylation is 1. The smallest absolute Gasteiger partial charge is 0.202 e. The van der Waals surface area contributed by atoms with Crippen molar-refractivity contribution in [2.75, 3.05) is 12.4 Å². The van der Waals surface area contributed by atoms with Crippen molar-refractivity contribution in [3.63, 3.8) is 0 Å². The molecule has 1 saturated carbocycles. The van der Waals surface area contributed by atoms with E-state index in [2.05, 4.69) is 14.7 Å². The summed E-state index contributed by atoms with van der Waals surface area (Å²) in [5, 5.41) is 4.30. The molecule has 0 spiro atoms. The minimum atomic E-state index is 0.333. The molecule has 1 heterocycles. The number of aromatic nitrogens is 2. The van der Waals surface area contributed by atoms with Crippen LogP contribution >= 0.6 is 11.5 Å². The van der Waals surface area contributed by atoms with Crippen LogP contribution in [-0.2, 0) is 4.74 Å². The molecule has 78 valence electrons. The molecule has 1 fully saturated rings. The first-order valence-electron chi connectivity index (χ1n) is 4.89. The molecule has 0 unspecified atom stereocenters. The molecule has 1 N–H and O–H groups in total. The minimum Gasteiger partial charge on any atom is -0.379 e. The first-order valence-corrected chi connectivity index (χ1v) is 5.66. The van der Waals surface area contributed by atoms with Gasteiger partial charge in [-0.25, -0.2) is 4.98 Å². The first kappa shape index (κ1) is 9.86. The highest BCUT2D eigenvalue weighted by Crippen LogP contribution is 2.25. The van der Waals surface area contributed by atoms with Gasteiger partial charge in [0.05, 0.1) is 12.1 Å². The Hall–Kier alpha value is -0.680. The van der Waals surface area contributed by atoms with Crippen molar-refractivity contribution in [2.45, 2.75) is 38.3 Å². The molecule has 1 aromatic heterocycles.